The van der Waals surface area contributed by atoms with E-state index in [9.17, 15) is 0 Å². The molecule has 0 aliphatic carbocycles. The quantitative estimate of drug-likeness (QED) is 0.694. The van der Waals surface area contributed by atoms with Gasteiger partial charge in [-0.05, 0) is 36.4 Å². The van der Waals surface area contributed by atoms with Crippen molar-refractivity contribution >= 4 is 12.2 Å². The first kappa shape index (κ1) is 7.80. The van der Waals surface area contributed by atoms with E-state index in [2.05, 4.69) is 4.98 Å². The van der Waals surface area contributed by atoms with Crippen molar-refractivity contribution in [2.45, 2.75) is 0 Å². The summed E-state index contributed by atoms with van der Waals surface area (Å²) in [5, 5.41) is 0. The number of pyridine rings is 1. The predicted molar refractivity (Wildman–Crippen MR) is 51.9 cm³/mol. The van der Waals surface area contributed by atoms with Gasteiger partial charge in [0.15, 0.2) is 0 Å². The Morgan fingerprint density at radius 3 is 2.77 bits per heavy atom. The lowest BCUT2D eigenvalue weighted by atomic mass is 10.3. The van der Waals surface area contributed by atoms with Gasteiger partial charge in [-0.15, -0.1) is 0 Å². The van der Waals surface area contributed by atoms with Crippen LogP contribution in [-0.2, 0) is 0 Å². The Bertz CT molecular complexity index is 376. The molecule has 2 heteroatoms. The van der Waals surface area contributed by atoms with Crippen LogP contribution in [0.25, 0.3) is 12.2 Å². The van der Waals surface area contributed by atoms with E-state index in [1.165, 1.54) is 0 Å². The molecule has 13 heavy (non-hydrogen) atoms. The average molecular weight is 171 g/mol. The lowest BCUT2D eigenvalue weighted by molar-refractivity contribution is 0.557. The summed E-state index contributed by atoms with van der Waals surface area (Å²) in [6, 6.07) is 9.55. The van der Waals surface area contributed by atoms with Gasteiger partial charge in [-0.3, -0.25) is 4.98 Å². The summed E-state index contributed by atoms with van der Waals surface area (Å²) in [6.07, 6.45) is 7.22. The second-order valence-electron chi connectivity index (χ2n) is 2.60. The average Bonchev–Trinajstić information content (AvgIpc) is 2.69. The number of furan rings is 1. The van der Waals surface area contributed by atoms with Crippen LogP contribution in [-0.4, -0.2) is 4.98 Å². The van der Waals surface area contributed by atoms with Crippen LogP contribution in [0.1, 0.15) is 11.5 Å². The highest BCUT2D eigenvalue weighted by atomic mass is 16.3. The van der Waals surface area contributed by atoms with Gasteiger partial charge in [0.25, 0.3) is 0 Å². The fourth-order valence-electron chi connectivity index (χ4n) is 1.03. The molecule has 0 unspecified atom stereocenters. The van der Waals surface area contributed by atoms with E-state index in [1.54, 1.807) is 12.5 Å². The van der Waals surface area contributed by atoms with E-state index in [4.69, 9.17) is 4.42 Å². The zero-order chi connectivity index (χ0) is 8.93. The molecule has 0 aliphatic rings. The summed E-state index contributed by atoms with van der Waals surface area (Å²) in [6.45, 7) is 0. The summed E-state index contributed by atoms with van der Waals surface area (Å²) in [7, 11) is 0. The molecule has 0 N–H and O–H groups in total. The number of nitrogens with zero attached hydrogens (tertiary/aromatic N) is 1. The molecule has 2 rings (SSSR count). The number of hydrogen-bond acceptors (Lipinski definition) is 2. The Kier molecular flexibility index (Phi) is 2.23. The van der Waals surface area contributed by atoms with Crippen LogP contribution in [0.5, 0.6) is 0 Å². The summed E-state index contributed by atoms with van der Waals surface area (Å²) >= 11 is 0. The Hall–Kier alpha value is -1.83. The van der Waals surface area contributed by atoms with E-state index in [0.29, 0.717) is 0 Å². The minimum atomic E-state index is 0.839. The molecular weight excluding hydrogens is 162 g/mol. The van der Waals surface area contributed by atoms with Gasteiger partial charge in [0, 0.05) is 6.20 Å². The molecule has 0 aromatic carbocycles. The molecule has 0 radical (unpaired) electrons. The molecule has 2 nitrogen and oxygen atoms in total. The topological polar surface area (TPSA) is 26.0 Å². The lowest BCUT2D eigenvalue weighted by Gasteiger charge is -1.88. The molecule has 0 fully saturated rings. The molecule has 0 bridgehead atoms. The highest BCUT2D eigenvalue weighted by molar-refractivity contribution is 5.65. The molecule has 64 valence electrons. The first-order chi connectivity index (χ1) is 6.45. The van der Waals surface area contributed by atoms with Gasteiger partial charge in [0.05, 0.1) is 12.0 Å². The Labute approximate surface area is 76.5 Å². The first-order valence-corrected chi connectivity index (χ1v) is 4.08. The number of hydrogen-bond donors (Lipinski definition) is 0. The zero-order valence-corrected chi connectivity index (χ0v) is 7.05. The zero-order valence-electron chi connectivity index (χ0n) is 7.05. The Morgan fingerprint density at radius 1 is 1.08 bits per heavy atom. The minimum Gasteiger partial charge on any atom is -0.465 e. The van der Waals surface area contributed by atoms with Crippen molar-refractivity contribution < 1.29 is 4.42 Å². The lowest BCUT2D eigenvalue weighted by Crippen LogP contribution is -1.75. The maximum atomic E-state index is 5.14. The van der Waals surface area contributed by atoms with Crippen LogP contribution in [0.15, 0.2) is 47.2 Å². The van der Waals surface area contributed by atoms with Crippen molar-refractivity contribution in [3.8, 4) is 0 Å². The largest absolute Gasteiger partial charge is 0.465 e. The van der Waals surface area contributed by atoms with Crippen molar-refractivity contribution in [3.63, 3.8) is 0 Å². The van der Waals surface area contributed by atoms with Crippen molar-refractivity contribution in [1.29, 1.82) is 0 Å². The van der Waals surface area contributed by atoms with E-state index < -0.39 is 0 Å². The van der Waals surface area contributed by atoms with Gasteiger partial charge in [-0.1, -0.05) is 6.07 Å². The van der Waals surface area contributed by atoms with Crippen LogP contribution >= 0.6 is 0 Å². The van der Waals surface area contributed by atoms with E-state index >= 15 is 0 Å². The fraction of sp³-hybridized carbons (Fsp3) is 0. The normalized spacial score (nSPS) is 10.8. The maximum absolute atomic E-state index is 5.14. The molecule has 2 aromatic heterocycles. The van der Waals surface area contributed by atoms with Gasteiger partial charge in [0.1, 0.15) is 5.76 Å². The monoisotopic (exact) mass is 171 g/mol. The molecule has 0 amide bonds. The van der Waals surface area contributed by atoms with Crippen molar-refractivity contribution in [2.24, 2.45) is 0 Å². The molecule has 0 atom stereocenters. The molecule has 0 saturated carbocycles. The maximum Gasteiger partial charge on any atom is 0.126 e. The molecule has 0 saturated heterocycles. The third-order valence-electron chi connectivity index (χ3n) is 1.65. The standard InChI is InChI=1S/C11H9NO/c1-2-8-12-10(4-1)6-7-11-5-3-9-13-11/h1-9H. The minimum absolute atomic E-state index is 0.839. The Morgan fingerprint density at radius 2 is 2.08 bits per heavy atom. The smallest absolute Gasteiger partial charge is 0.126 e. The Balaban J connectivity index is 2.15. The van der Waals surface area contributed by atoms with E-state index in [-0.39, 0.29) is 0 Å². The van der Waals surface area contributed by atoms with Crippen LogP contribution in [0.4, 0.5) is 0 Å². The highest BCUT2D eigenvalue weighted by Gasteiger charge is 1.88. The molecule has 2 heterocycles. The van der Waals surface area contributed by atoms with Gasteiger partial charge < -0.3 is 4.42 Å². The van der Waals surface area contributed by atoms with Crippen LogP contribution in [0.2, 0.25) is 0 Å². The number of rotatable bonds is 2. The van der Waals surface area contributed by atoms with E-state index in [1.807, 2.05) is 42.5 Å². The molecule has 0 spiro atoms. The molecule has 2 aromatic rings. The highest BCUT2D eigenvalue weighted by Crippen LogP contribution is 2.05. The van der Waals surface area contributed by atoms with Crippen LogP contribution < -0.4 is 0 Å². The van der Waals surface area contributed by atoms with Crippen LogP contribution in [0.3, 0.4) is 0 Å². The second-order valence-corrected chi connectivity index (χ2v) is 2.60. The van der Waals surface area contributed by atoms with Gasteiger partial charge >= 0.3 is 0 Å². The van der Waals surface area contributed by atoms with Crippen molar-refractivity contribution in [2.75, 3.05) is 0 Å². The summed E-state index contributed by atoms with van der Waals surface area (Å²) in [5.74, 6) is 0.839. The summed E-state index contributed by atoms with van der Waals surface area (Å²) in [5.41, 5.74) is 0.930. The molecular formula is C11H9NO. The number of aromatic nitrogens is 1. The summed E-state index contributed by atoms with van der Waals surface area (Å²) in [4.78, 5) is 4.15. The van der Waals surface area contributed by atoms with Gasteiger partial charge in [-0.25, -0.2) is 0 Å². The first-order valence-electron chi connectivity index (χ1n) is 4.08. The van der Waals surface area contributed by atoms with E-state index in [0.717, 1.165) is 11.5 Å². The van der Waals surface area contributed by atoms with Gasteiger partial charge in [-0.2, -0.15) is 0 Å². The molecule has 0 aliphatic heterocycles. The SMILES string of the molecule is C(=Cc1ccco1)c1ccccn1. The van der Waals surface area contributed by atoms with Crippen molar-refractivity contribution in [3.05, 3.63) is 54.2 Å². The van der Waals surface area contributed by atoms with Gasteiger partial charge in [0.2, 0.25) is 0 Å². The van der Waals surface area contributed by atoms with Crippen LogP contribution in [0, 0.1) is 0 Å². The predicted octanol–water partition coefficient (Wildman–Crippen LogP) is 2.85. The van der Waals surface area contributed by atoms with Crippen molar-refractivity contribution in [1.82, 2.24) is 4.98 Å². The third kappa shape index (κ3) is 2.06. The third-order valence-corrected chi connectivity index (χ3v) is 1.65. The second kappa shape index (κ2) is 3.72. The fourth-order valence-corrected chi connectivity index (χ4v) is 1.03. The summed E-state index contributed by atoms with van der Waals surface area (Å²) < 4.78 is 5.14.